The number of rotatable bonds is 4. The molecule has 0 aliphatic carbocycles. The average Bonchev–Trinajstić information content (AvgIpc) is 2.98. The number of aromatic carboxylic acids is 1. The molecule has 1 aromatic heterocycles. The first-order chi connectivity index (χ1) is 10.1. The number of hydrogen-bond acceptors (Lipinski definition) is 4. The molecular weight excluding hydrogens is 288 g/mol. The quantitative estimate of drug-likeness (QED) is 0.670. The van der Waals surface area contributed by atoms with Crippen LogP contribution >= 0.6 is 11.3 Å². The predicted octanol–water partition coefficient (Wildman–Crippen LogP) is 2.99. The molecule has 2 rings (SSSR count). The van der Waals surface area contributed by atoms with E-state index in [0.717, 1.165) is 4.88 Å². The summed E-state index contributed by atoms with van der Waals surface area (Å²) in [5.41, 5.74) is 0.541. The number of benzene rings is 1. The highest BCUT2D eigenvalue weighted by atomic mass is 32.1. The lowest BCUT2D eigenvalue weighted by Crippen LogP contribution is -2.13. The van der Waals surface area contributed by atoms with E-state index in [9.17, 15) is 9.59 Å². The molecule has 1 heterocycles. The van der Waals surface area contributed by atoms with Gasteiger partial charge in [0.05, 0.1) is 5.56 Å². The van der Waals surface area contributed by atoms with E-state index in [1.54, 1.807) is 6.07 Å². The molecule has 2 N–H and O–H groups in total. The van der Waals surface area contributed by atoms with E-state index in [1.807, 2.05) is 17.5 Å². The maximum absolute atomic E-state index is 12.0. The monoisotopic (exact) mass is 298 g/mol. The first-order valence-corrected chi connectivity index (χ1v) is 6.78. The van der Waals surface area contributed by atoms with Crippen LogP contribution in [0, 0.1) is 11.3 Å². The van der Waals surface area contributed by atoms with Crippen LogP contribution in [0.4, 0.5) is 5.69 Å². The smallest absolute Gasteiger partial charge is 0.335 e. The van der Waals surface area contributed by atoms with Crippen LogP contribution in [0.5, 0.6) is 0 Å². The number of carboxylic acid groups (broad SMARTS) is 1. The zero-order chi connectivity index (χ0) is 15.2. The SMILES string of the molecule is N#C/C(=C/c1cccs1)C(=O)Nc1ccc(C(=O)O)cc1. The van der Waals surface area contributed by atoms with Crippen LogP contribution in [0.1, 0.15) is 15.2 Å². The third-order valence-electron chi connectivity index (χ3n) is 2.58. The lowest BCUT2D eigenvalue weighted by Gasteiger charge is -2.04. The van der Waals surface area contributed by atoms with Crippen molar-refractivity contribution in [1.82, 2.24) is 0 Å². The zero-order valence-electron chi connectivity index (χ0n) is 10.7. The minimum Gasteiger partial charge on any atom is -0.478 e. The van der Waals surface area contributed by atoms with Crippen molar-refractivity contribution < 1.29 is 14.7 Å². The van der Waals surface area contributed by atoms with Gasteiger partial charge in [0, 0.05) is 10.6 Å². The summed E-state index contributed by atoms with van der Waals surface area (Å²) in [7, 11) is 0. The molecule has 0 atom stereocenters. The third-order valence-corrected chi connectivity index (χ3v) is 3.40. The summed E-state index contributed by atoms with van der Waals surface area (Å²) < 4.78 is 0. The van der Waals surface area contributed by atoms with Gasteiger partial charge in [0.15, 0.2) is 0 Å². The van der Waals surface area contributed by atoms with Gasteiger partial charge < -0.3 is 10.4 Å². The Balaban J connectivity index is 2.13. The van der Waals surface area contributed by atoms with Crippen molar-refractivity contribution in [3.05, 3.63) is 57.8 Å². The normalized spacial score (nSPS) is 10.7. The number of thiophene rings is 1. The molecule has 2 aromatic rings. The topological polar surface area (TPSA) is 90.2 Å². The molecule has 0 aliphatic heterocycles. The second-order valence-electron chi connectivity index (χ2n) is 4.02. The molecule has 0 unspecified atom stereocenters. The predicted molar refractivity (Wildman–Crippen MR) is 79.9 cm³/mol. The number of nitrogens with one attached hydrogen (secondary N) is 1. The van der Waals surface area contributed by atoms with Crippen molar-refractivity contribution in [3.63, 3.8) is 0 Å². The van der Waals surface area contributed by atoms with E-state index >= 15 is 0 Å². The Labute approximate surface area is 124 Å². The minimum absolute atomic E-state index is 0.0141. The molecule has 1 aromatic carbocycles. The van der Waals surface area contributed by atoms with Gasteiger partial charge in [-0.05, 0) is 41.8 Å². The number of nitriles is 1. The third kappa shape index (κ3) is 3.78. The largest absolute Gasteiger partial charge is 0.478 e. The van der Waals surface area contributed by atoms with Crippen molar-refractivity contribution >= 4 is 35.0 Å². The van der Waals surface area contributed by atoms with Gasteiger partial charge in [-0.25, -0.2) is 4.79 Å². The van der Waals surface area contributed by atoms with Crippen LogP contribution in [-0.4, -0.2) is 17.0 Å². The number of amides is 1. The highest BCUT2D eigenvalue weighted by molar-refractivity contribution is 7.10. The molecule has 0 spiro atoms. The van der Waals surface area contributed by atoms with Crippen molar-refractivity contribution in [2.24, 2.45) is 0 Å². The van der Waals surface area contributed by atoms with Gasteiger partial charge in [-0.3, -0.25) is 4.79 Å². The summed E-state index contributed by atoms with van der Waals surface area (Å²) in [4.78, 5) is 23.5. The first-order valence-electron chi connectivity index (χ1n) is 5.90. The molecule has 0 radical (unpaired) electrons. The van der Waals surface area contributed by atoms with E-state index in [0.29, 0.717) is 5.69 Å². The number of nitrogens with zero attached hydrogens (tertiary/aromatic N) is 1. The van der Waals surface area contributed by atoms with Crippen LogP contribution in [-0.2, 0) is 4.79 Å². The fourth-order valence-electron chi connectivity index (χ4n) is 1.56. The molecule has 5 nitrogen and oxygen atoms in total. The Morgan fingerprint density at radius 2 is 1.95 bits per heavy atom. The minimum atomic E-state index is -1.04. The van der Waals surface area contributed by atoms with Gasteiger partial charge in [-0.1, -0.05) is 6.07 Å². The lowest BCUT2D eigenvalue weighted by atomic mass is 10.2. The van der Waals surface area contributed by atoms with Gasteiger partial charge in [-0.2, -0.15) is 5.26 Å². The van der Waals surface area contributed by atoms with Gasteiger partial charge in [0.2, 0.25) is 0 Å². The van der Waals surface area contributed by atoms with Gasteiger partial charge >= 0.3 is 5.97 Å². The molecule has 0 saturated carbocycles. The molecule has 21 heavy (non-hydrogen) atoms. The summed E-state index contributed by atoms with van der Waals surface area (Å²) in [6, 6.07) is 11.2. The number of carbonyl (C=O) groups excluding carboxylic acids is 1. The summed E-state index contributed by atoms with van der Waals surface area (Å²) in [5, 5.41) is 22.2. The fourth-order valence-corrected chi connectivity index (χ4v) is 2.22. The summed E-state index contributed by atoms with van der Waals surface area (Å²) in [6.07, 6.45) is 1.51. The van der Waals surface area contributed by atoms with Crippen LogP contribution in [0.3, 0.4) is 0 Å². The average molecular weight is 298 g/mol. The highest BCUT2D eigenvalue weighted by Gasteiger charge is 2.10. The van der Waals surface area contributed by atoms with E-state index in [4.69, 9.17) is 10.4 Å². The van der Waals surface area contributed by atoms with Crippen LogP contribution < -0.4 is 5.32 Å². The molecule has 0 aliphatic rings. The Hall–Kier alpha value is -2.91. The molecule has 0 saturated heterocycles. The Bertz CT molecular complexity index is 725. The second kappa shape index (κ2) is 6.50. The van der Waals surface area contributed by atoms with Crippen LogP contribution in [0.15, 0.2) is 47.4 Å². The second-order valence-corrected chi connectivity index (χ2v) is 5.00. The molecular formula is C15H10N2O3S. The van der Waals surface area contributed by atoms with E-state index in [1.165, 1.54) is 41.7 Å². The highest BCUT2D eigenvalue weighted by Crippen LogP contribution is 2.15. The molecule has 0 fully saturated rings. The van der Waals surface area contributed by atoms with Crippen molar-refractivity contribution in [3.8, 4) is 6.07 Å². The van der Waals surface area contributed by atoms with E-state index in [2.05, 4.69) is 5.32 Å². The first kappa shape index (κ1) is 14.5. The number of carbonyl (C=O) groups is 2. The number of carboxylic acids is 1. The fraction of sp³-hybridized carbons (Fsp3) is 0. The molecule has 104 valence electrons. The van der Waals surface area contributed by atoms with Crippen molar-refractivity contribution in [2.75, 3.05) is 5.32 Å². The Morgan fingerprint density at radius 1 is 1.24 bits per heavy atom. The van der Waals surface area contributed by atoms with Gasteiger partial charge in [-0.15, -0.1) is 11.3 Å². The maximum Gasteiger partial charge on any atom is 0.335 e. The molecule has 0 bridgehead atoms. The summed E-state index contributed by atoms with van der Waals surface area (Å²) >= 11 is 1.42. The van der Waals surface area contributed by atoms with E-state index in [-0.39, 0.29) is 11.1 Å². The zero-order valence-corrected chi connectivity index (χ0v) is 11.6. The summed E-state index contributed by atoms with van der Waals surface area (Å²) in [5.74, 6) is -1.57. The maximum atomic E-state index is 12.0. The number of hydrogen-bond donors (Lipinski definition) is 2. The van der Waals surface area contributed by atoms with Gasteiger partial charge in [0.25, 0.3) is 5.91 Å². The number of anilines is 1. The van der Waals surface area contributed by atoms with Gasteiger partial charge in [0.1, 0.15) is 11.6 Å². The summed E-state index contributed by atoms with van der Waals surface area (Å²) in [6.45, 7) is 0. The van der Waals surface area contributed by atoms with Crippen molar-refractivity contribution in [1.29, 1.82) is 5.26 Å². The molecule has 1 amide bonds. The van der Waals surface area contributed by atoms with E-state index < -0.39 is 11.9 Å². The van der Waals surface area contributed by atoms with Crippen LogP contribution in [0.25, 0.3) is 6.08 Å². The molecule has 6 heteroatoms. The Morgan fingerprint density at radius 3 is 2.48 bits per heavy atom. The Kier molecular flexibility index (Phi) is 4.49. The standard InChI is InChI=1S/C15H10N2O3S/c16-9-11(8-13-2-1-7-21-13)14(18)17-12-5-3-10(4-6-12)15(19)20/h1-8H,(H,17,18)(H,19,20)/b11-8-. The van der Waals surface area contributed by atoms with Crippen molar-refractivity contribution in [2.45, 2.75) is 0 Å². The lowest BCUT2D eigenvalue weighted by molar-refractivity contribution is -0.112. The van der Waals surface area contributed by atoms with Crippen LogP contribution in [0.2, 0.25) is 0 Å².